The van der Waals surface area contributed by atoms with Crippen molar-refractivity contribution in [2.75, 3.05) is 53.4 Å². The van der Waals surface area contributed by atoms with Gasteiger partial charge in [-0.2, -0.15) is 0 Å². The molecule has 0 unspecified atom stereocenters. The van der Waals surface area contributed by atoms with Crippen molar-refractivity contribution >= 4 is 0 Å². The highest BCUT2D eigenvalue weighted by molar-refractivity contribution is 5.21. The number of piperazine rings is 1. The van der Waals surface area contributed by atoms with E-state index >= 15 is 0 Å². The van der Waals surface area contributed by atoms with Crippen molar-refractivity contribution in [1.29, 1.82) is 0 Å². The van der Waals surface area contributed by atoms with Crippen molar-refractivity contribution in [3.8, 4) is 0 Å². The number of hydrogen-bond acceptors (Lipinski definition) is 4. The molecule has 1 aliphatic heterocycles. The van der Waals surface area contributed by atoms with Crippen LogP contribution in [0.5, 0.6) is 0 Å². The lowest BCUT2D eigenvalue weighted by Crippen LogP contribution is -2.46. The number of ether oxygens (including phenoxy) is 1. The van der Waals surface area contributed by atoms with Crippen molar-refractivity contribution in [2.24, 2.45) is 0 Å². The Bertz CT molecular complexity index is 372. The fourth-order valence-corrected chi connectivity index (χ4v) is 2.46. The summed E-state index contributed by atoms with van der Waals surface area (Å²) in [6.07, 6.45) is 0. The first-order valence-corrected chi connectivity index (χ1v) is 7.46. The summed E-state index contributed by atoms with van der Waals surface area (Å²) < 4.78 is 5.12. The van der Waals surface area contributed by atoms with E-state index in [1.54, 1.807) is 7.11 Å². The second-order valence-corrected chi connectivity index (χ2v) is 5.57. The Morgan fingerprint density at radius 2 is 1.70 bits per heavy atom. The molecule has 4 heteroatoms. The van der Waals surface area contributed by atoms with Crippen LogP contribution in [0.4, 0.5) is 0 Å². The lowest BCUT2D eigenvalue weighted by molar-refractivity contribution is 0.154. The van der Waals surface area contributed by atoms with Gasteiger partial charge in [0, 0.05) is 52.9 Å². The summed E-state index contributed by atoms with van der Waals surface area (Å²) in [7, 11) is 3.93. The van der Waals surface area contributed by atoms with Crippen molar-refractivity contribution in [3.05, 3.63) is 35.4 Å². The van der Waals surface area contributed by atoms with Crippen LogP contribution in [0.2, 0.25) is 0 Å². The molecule has 0 radical (unpaired) electrons. The van der Waals surface area contributed by atoms with Crippen molar-refractivity contribution in [3.63, 3.8) is 0 Å². The molecule has 0 aromatic heterocycles. The zero-order valence-electron chi connectivity index (χ0n) is 12.8. The minimum absolute atomic E-state index is 0.692. The van der Waals surface area contributed by atoms with Crippen molar-refractivity contribution in [2.45, 2.75) is 13.2 Å². The quantitative estimate of drug-likeness (QED) is 0.757. The standard InChI is InChI=1S/C16H27N3O/c1-18-9-11-19(12-10-18)8-7-17-13-15-3-5-16(6-4-15)14-20-2/h3-6,17H,7-14H2,1-2H3. The molecule has 0 saturated carbocycles. The molecule has 1 aromatic carbocycles. The minimum atomic E-state index is 0.692. The van der Waals surface area contributed by atoms with Crippen LogP contribution in [0.3, 0.4) is 0 Å². The maximum Gasteiger partial charge on any atom is 0.0713 e. The zero-order chi connectivity index (χ0) is 14.2. The number of hydrogen-bond donors (Lipinski definition) is 1. The van der Waals surface area contributed by atoms with Crippen molar-refractivity contribution in [1.82, 2.24) is 15.1 Å². The summed E-state index contributed by atoms with van der Waals surface area (Å²) in [5.74, 6) is 0. The van der Waals surface area contributed by atoms with Gasteiger partial charge in [-0.25, -0.2) is 0 Å². The van der Waals surface area contributed by atoms with Gasteiger partial charge < -0.3 is 15.0 Å². The first-order chi connectivity index (χ1) is 9.78. The van der Waals surface area contributed by atoms with E-state index < -0.39 is 0 Å². The van der Waals surface area contributed by atoms with E-state index in [0.29, 0.717) is 6.61 Å². The van der Waals surface area contributed by atoms with E-state index in [0.717, 1.165) is 19.6 Å². The molecule has 0 spiro atoms. The lowest BCUT2D eigenvalue weighted by atomic mass is 10.1. The van der Waals surface area contributed by atoms with Gasteiger partial charge in [0.1, 0.15) is 0 Å². The van der Waals surface area contributed by atoms with E-state index in [1.165, 1.54) is 37.3 Å². The Morgan fingerprint density at radius 3 is 2.35 bits per heavy atom. The van der Waals surface area contributed by atoms with Crippen LogP contribution in [0.25, 0.3) is 0 Å². The molecule has 0 atom stereocenters. The van der Waals surface area contributed by atoms with Gasteiger partial charge in [0.05, 0.1) is 6.61 Å². The van der Waals surface area contributed by atoms with E-state index in [-0.39, 0.29) is 0 Å². The zero-order valence-corrected chi connectivity index (χ0v) is 12.8. The van der Waals surface area contributed by atoms with Crippen LogP contribution in [-0.2, 0) is 17.9 Å². The second-order valence-electron chi connectivity index (χ2n) is 5.57. The average molecular weight is 277 g/mol. The van der Waals surface area contributed by atoms with E-state index in [2.05, 4.69) is 46.4 Å². The molecule has 1 fully saturated rings. The summed E-state index contributed by atoms with van der Waals surface area (Å²) in [6.45, 7) is 8.63. The average Bonchev–Trinajstić information content (AvgIpc) is 2.47. The minimum Gasteiger partial charge on any atom is -0.380 e. The second kappa shape index (κ2) is 8.37. The molecule has 1 aliphatic rings. The molecular formula is C16H27N3O. The summed E-state index contributed by atoms with van der Waals surface area (Å²) in [4.78, 5) is 4.93. The Hall–Kier alpha value is -0.940. The topological polar surface area (TPSA) is 27.7 Å². The van der Waals surface area contributed by atoms with Crippen LogP contribution in [0.15, 0.2) is 24.3 Å². The van der Waals surface area contributed by atoms with Crippen LogP contribution in [0, 0.1) is 0 Å². The fourth-order valence-electron chi connectivity index (χ4n) is 2.46. The maximum atomic E-state index is 5.12. The van der Waals surface area contributed by atoms with Gasteiger partial charge in [0.15, 0.2) is 0 Å². The SMILES string of the molecule is COCc1ccc(CNCCN2CCN(C)CC2)cc1. The molecule has 4 nitrogen and oxygen atoms in total. The summed E-state index contributed by atoms with van der Waals surface area (Å²) in [5.41, 5.74) is 2.57. The lowest BCUT2D eigenvalue weighted by Gasteiger charge is -2.32. The van der Waals surface area contributed by atoms with Crippen LogP contribution in [0.1, 0.15) is 11.1 Å². The number of nitrogens with one attached hydrogen (secondary N) is 1. The first-order valence-electron chi connectivity index (χ1n) is 7.46. The molecule has 112 valence electrons. The highest BCUT2D eigenvalue weighted by atomic mass is 16.5. The molecule has 1 N–H and O–H groups in total. The Kier molecular flexibility index (Phi) is 6.47. The number of nitrogens with zero attached hydrogens (tertiary/aromatic N) is 2. The Balaban J connectivity index is 1.60. The van der Waals surface area contributed by atoms with Gasteiger partial charge >= 0.3 is 0 Å². The number of methoxy groups -OCH3 is 1. The van der Waals surface area contributed by atoms with E-state index in [1.807, 2.05) is 0 Å². The molecule has 0 bridgehead atoms. The molecule has 1 saturated heterocycles. The molecule has 0 amide bonds. The van der Waals surface area contributed by atoms with Gasteiger partial charge in [0.2, 0.25) is 0 Å². The Labute approximate surface area is 122 Å². The first kappa shape index (κ1) is 15.4. The normalized spacial score (nSPS) is 17.5. The predicted octanol–water partition coefficient (Wildman–Crippen LogP) is 1.17. The third-order valence-corrected chi connectivity index (χ3v) is 3.86. The number of rotatable bonds is 7. The number of likely N-dealkylation sites (N-methyl/N-ethyl adjacent to an activating group) is 1. The maximum absolute atomic E-state index is 5.12. The van der Waals surface area contributed by atoms with Crippen molar-refractivity contribution < 1.29 is 4.74 Å². The van der Waals surface area contributed by atoms with E-state index in [4.69, 9.17) is 4.74 Å². The molecule has 20 heavy (non-hydrogen) atoms. The van der Waals surface area contributed by atoms with Gasteiger partial charge in [-0.1, -0.05) is 24.3 Å². The van der Waals surface area contributed by atoms with E-state index in [9.17, 15) is 0 Å². The Morgan fingerprint density at radius 1 is 1.05 bits per heavy atom. The van der Waals surface area contributed by atoms with Crippen LogP contribution < -0.4 is 5.32 Å². The summed E-state index contributed by atoms with van der Waals surface area (Å²) >= 11 is 0. The molecule has 1 heterocycles. The van der Waals surface area contributed by atoms with Gasteiger partial charge in [-0.15, -0.1) is 0 Å². The molecule has 2 rings (SSSR count). The third kappa shape index (κ3) is 5.21. The smallest absolute Gasteiger partial charge is 0.0713 e. The third-order valence-electron chi connectivity index (χ3n) is 3.86. The fraction of sp³-hybridized carbons (Fsp3) is 0.625. The largest absolute Gasteiger partial charge is 0.380 e. The highest BCUT2D eigenvalue weighted by Crippen LogP contribution is 2.05. The summed E-state index contributed by atoms with van der Waals surface area (Å²) in [6, 6.07) is 8.64. The molecule has 0 aliphatic carbocycles. The van der Waals surface area contributed by atoms with Crippen LogP contribution in [-0.4, -0.2) is 63.2 Å². The van der Waals surface area contributed by atoms with Gasteiger partial charge in [-0.05, 0) is 18.2 Å². The molecule has 1 aromatic rings. The predicted molar refractivity (Wildman–Crippen MR) is 82.8 cm³/mol. The highest BCUT2D eigenvalue weighted by Gasteiger charge is 2.12. The van der Waals surface area contributed by atoms with Crippen LogP contribution >= 0.6 is 0 Å². The van der Waals surface area contributed by atoms with Gasteiger partial charge in [0.25, 0.3) is 0 Å². The number of benzene rings is 1. The molecular weight excluding hydrogens is 250 g/mol. The summed E-state index contributed by atoms with van der Waals surface area (Å²) in [5, 5.41) is 3.53. The van der Waals surface area contributed by atoms with Gasteiger partial charge in [-0.3, -0.25) is 4.90 Å². The monoisotopic (exact) mass is 277 g/mol.